The molecule has 6 nitrogen and oxygen atoms in total. The number of aromatic nitrogens is 1. The Kier molecular flexibility index (Phi) is 5.07. The monoisotopic (exact) mass is 398 g/mol. The number of nitrogens with zero attached hydrogens (tertiary/aromatic N) is 1. The van der Waals surface area contributed by atoms with Crippen molar-refractivity contribution in [2.24, 2.45) is 0 Å². The van der Waals surface area contributed by atoms with Crippen molar-refractivity contribution in [3.63, 3.8) is 0 Å². The highest BCUT2D eigenvalue weighted by Crippen LogP contribution is 2.34. The molecule has 4 rings (SSSR count). The molecule has 1 aromatic heterocycles. The fourth-order valence-electron chi connectivity index (χ4n) is 3.71. The van der Waals surface area contributed by atoms with E-state index >= 15 is 0 Å². The van der Waals surface area contributed by atoms with Crippen molar-refractivity contribution in [1.29, 1.82) is 0 Å². The average molecular weight is 399 g/mol. The lowest BCUT2D eigenvalue weighted by Gasteiger charge is -2.17. The highest BCUT2D eigenvalue weighted by atomic mass is 35.5. The molecule has 3 aromatic rings. The molecule has 1 atom stereocenters. The first-order chi connectivity index (χ1) is 13.6. The number of rotatable bonds is 6. The van der Waals surface area contributed by atoms with Crippen molar-refractivity contribution in [3.8, 4) is 5.75 Å². The molecule has 1 fully saturated rings. The van der Waals surface area contributed by atoms with Crippen molar-refractivity contribution < 1.29 is 19.6 Å². The average Bonchev–Trinajstić information content (AvgIpc) is 3.22. The molecule has 3 N–H and O–H groups in total. The number of anilines is 1. The van der Waals surface area contributed by atoms with E-state index < -0.39 is 6.04 Å². The van der Waals surface area contributed by atoms with Gasteiger partial charge in [0.2, 0.25) is 5.91 Å². The Morgan fingerprint density at radius 2 is 2.07 bits per heavy atom. The summed E-state index contributed by atoms with van der Waals surface area (Å²) in [5, 5.41) is 3.58. The maximum atomic E-state index is 12.9. The van der Waals surface area contributed by atoms with Gasteiger partial charge in [-0.15, -0.1) is 0 Å². The largest absolute Gasteiger partial charge is 0.495 e. The number of carbonyl (C=O) groups is 2. The summed E-state index contributed by atoms with van der Waals surface area (Å²) in [5.74, 6) is -0.0195. The normalized spacial score (nSPS) is 16.9. The lowest BCUT2D eigenvalue weighted by molar-refractivity contribution is -0.674. The van der Waals surface area contributed by atoms with Crippen molar-refractivity contribution in [2.75, 3.05) is 18.6 Å². The van der Waals surface area contributed by atoms with Gasteiger partial charge in [-0.05, 0) is 29.8 Å². The van der Waals surface area contributed by atoms with Gasteiger partial charge in [-0.1, -0.05) is 29.8 Å². The molecule has 1 saturated heterocycles. The third-order valence-electron chi connectivity index (χ3n) is 5.10. The number of fused-ring (bicyclic) bond motifs is 1. The van der Waals surface area contributed by atoms with Crippen LogP contribution in [0.25, 0.3) is 10.9 Å². The topological polar surface area (TPSA) is 79.0 Å². The van der Waals surface area contributed by atoms with Crippen LogP contribution in [0.1, 0.15) is 12.0 Å². The van der Waals surface area contributed by atoms with E-state index in [0.717, 1.165) is 11.9 Å². The summed E-state index contributed by atoms with van der Waals surface area (Å²) >= 11 is 6.06. The SMILES string of the molecule is COc1ccc(Cl)cc1N1C(=O)C[C@H]([NH2+]CCc2c[nH]c3ccccc23)C1=O. The van der Waals surface area contributed by atoms with Crippen LogP contribution in [-0.2, 0) is 16.0 Å². The quantitative estimate of drug-likeness (QED) is 0.625. The smallest absolute Gasteiger partial charge is 0.292 e. The van der Waals surface area contributed by atoms with E-state index in [9.17, 15) is 9.59 Å². The molecule has 1 aliphatic heterocycles. The Balaban J connectivity index is 1.45. The van der Waals surface area contributed by atoms with Gasteiger partial charge < -0.3 is 15.0 Å². The van der Waals surface area contributed by atoms with Gasteiger partial charge >= 0.3 is 0 Å². The van der Waals surface area contributed by atoms with E-state index in [1.54, 1.807) is 18.2 Å². The van der Waals surface area contributed by atoms with Crippen LogP contribution >= 0.6 is 11.6 Å². The minimum atomic E-state index is -0.429. The number of nitrogens with one attached hydrogen (secondary N) is 1. The fraction of sp³-hybridized carbons (Fsp3) is 0.238. The summed E-state index contributed by atoms with van der Waals surface area (Å²) in [6.45, 7) is 0.714. The molecule has 0 bridgehead atoms. The molecule has 7 heteroatoms. The van der Waals surface area contributed by atoms with Crippen LogP contribution in [0.3, 0.4) is 0 Å². The molecule has 1 aliphatic rings. The van der Waals surface area contributed by atoms with Crippen LogP contribution in [0, 0.1) is 0 Å². The van der Waals surface area contributed by atoms with E-state index in [2.05, 4.69) is 11.1 Å². The Bertz CT molecular complexity index is 1050. The molecular formula is C21H21ClN3O3+. The van der Waals surface area contributed by atoms with E-state index in [0.29, 0.717) is 23.0 Å². The number of imide groups is 1. The number of benzene rings is 2. The maximum absolute atomic E-state index is 12.9. The van der Waals surface area contributed by atoms with Crippen molar-refractivity contribution in [1.82, 2.24) is 4.98 Å². The number of amides is 2. The van der Waals surface area contributed by atoms with Gasteiger partial charge in [0.1, 0.15) is 5.75 Å². The minimum absolute atomic E-state index is 0.169. The Morgan fingerprint density at radius 3 is 2.89 bits per heavy atom. The fourth-order valence-corrected chi connectivity index (χ4v) is 3.88. The van der Waals surface area contributed by atoms with Crippen molar-refractivity contribution in [2.45, 2.75) is 18.9 Å². The number of methoxy groups -OCH3 is 1. The summed E-state index contributed by atoms with van der Waals surface area (Å²) in [7, 11) is 1.50. The van der Waals surface area contributed by atoms with Crippen LogP contribution in [0.2, 0.25) is 5.02 Å². The number of nitrogens with two attached hydrogens (primary N) is 1. The van der Waals surface area contributed by atoms with Gasteiger partial charge in [-0.3, -0.25) is 9.59 Å². The summed E-state index contributed by atoms with van der Waals surface area (Å²) in [6, 6.07) is 12.6. The van der Waals surface area contributed by atoms with E-state index in [1.165, 1.54) is 23.0 Å². The number of aromatic amines is 1. The summed E-state index contributed by atoms with van der Waals surface area (Å²) in [5.41, 5.74) is 2.71. The zero-order valence-electron chi connectivity index (χ0n) is 15.4. The zero-order valence-corrected chi connectivity index (χ0v) is 16.2. The molecule has 2 aromatic carbocycles. The van der Waals surface area contributed by atoms with E-state index in [-0.39, 0.29) is 18.2 Å². The first-order valence-electron chi connectivity index (χ1n) is 9.17. The standard InChI is InChI=1S/C21H20ClN3O3/c1-28-19-7-6-14(22)10-18(19)25-20(26)11-17(21(25)27)23-9-8-13-12-24-16-5-3-2-4-15(13)16/h2-7,10,12,17,23-24H,8-9,11H2,1H3/p+1/t17-/m0/s1. The number of carbonyl (C=O) groups excluding carboxylic acids is 2. The van der Waals surface area contributed by atoms with Crippen molar-refractivity contribution in [3.05, 3.63) is 59.2 Å². The molecule has 0 spiro atoms. The highest BCUT2D eigenvalue weighted by molar-refractivity contribution is 6.31. The maximum Gasteiger partial charge on any atom is 0.292 e. The lowest BCUT2D eigenvalue weighted by atomic mass is 10.1. The van der Waals surface area contributed by atoms with Gasteiger partial charge in [0.25, 0.3) is 5.91 Å². The second kappa shape index (κ2) is 7.66. The van der Waals surface area contributed by atoms with Gasteiger partial charge in [-0.25, -0.2) is 4.90 Å². The molecule has 0 radical (unpaired) electrons. The van der Waals surface area contributed by atoms with Crippen LogP contribution in [0.5, 0.6) is 5.75 Å². The Labute approximate surface area is 167 Å². The van der Waals surface area contributed by atoms with Crippen LogP contribution in [-0.4, -0.2) is 36.5 Å². The van der Waals surface area contributed by atoms with E-state index in [1.807, 2.05) is 29.7 Å². The first kappa shape index (κ1) is 18.5. The first-order valence-corrected chi connectivity index (χ1v) is 9.55. The predicted molar refractivity (Wildman–Crippen MR) is 108 cm³/mol. The van der Waals surface area contributed by atoms with Crippen LogP contribution in [0.15, 0.2) is 48.7 Å². The number of hydrogen-bond acceptors (Lipinski definition) is 3. The molecule has 144 valence electrons. The number of hydrogen-bond donors (Lipinski definition) is 2. The number of quaternary nitrogens is 1. The molecule has 0 saturated carbocycles. The highest BCUT2D eigenvalue weighted by Gasteiger charge is 2.43. The van der Waals surface area contributed by atoms with Crippen LogP contribution < -0.4 is 15.0 Å². The third-order valence-corrected chi connectivity index (χ3v) is 5.34. The Hall–Kier alpha value is -2.83. The third kappa shape index (κ3) is 3.37. The van der Waals surface area contributed by atoms with E-state index in [4.69, 9.17) is 16.3 Å². The van der Waals surface area contributed by atoms with Gasteiger partial charge in [0.05, 0.1) is 25.8 Å². The van der Waals surface area contributed by atoms with Gasteiger partial charge in [0.15, 0.2) is 6.04 Å². The van der Waals surface area contributed by atoms with Crippen LogP contribution in [0.4, 0.5) is 5.69 Å². The summed E-state index contributed by atoms with van der Waals surface area (Å²) in [4.78, 5) is 29.8. The summed E-state index contributed by atoms with van der Waals surface area (Å²) in [6.07, 6.45) is 2.98. The number of H-pyrrole nitrogens is 1. The molecule has 2 amide bonds. The van der Waals surface area contributed by atoms with Gasteiger partial charge in [-0.2, -0.15) is 0 Å². The minimum Gasteiger partial charge on any atom is -0.495 e. The predicted octanol–water partition coefficient (Wildman–Crippen LogP) is 2.27. The lowest BCUT2D eigenvalue weighted by Crippen LogP contribution is -2.92. The second-order valence-electron chi connectivity index (χ2n) is 6.83. The van der Waals surface area contributed by atoms with Crippen molar-refractivity contribution >= 4 is 40.0 Å². The summed E-state index contributed by atoms with van der Waals surface area (Å²) < 4.78 is 5.30. The molecule has 0 unspecified atom stereocenters. The Morgan fingerprint density at radius 1 is 1.25 bits per heavy atom. The second-order valence-corrected chi connectivity index (χ2v) is 7.26. The molecular weight excluding hydrogens is 378 g/mol. The molecule has 0 aliphatic carbocycles. The number of halogens is 1. The molecule has 2 heterocycles. The zero-order chi connectivity index (χ0) is 19.7. The molecule has 28 heavy (non-hydrogen) atoms. The number of ether oxygens (including phenoxy) is 1. The van der Waals surface area contributed by atoms with Gasteiger partial charge in [0, 0.05) is 28.5 Å². The number of para-hydroxylation sites is 1.